The Morgan fingerprint density at radius 1 is 0.667 bits per heavy atom. The Morgan fingerprint density at radius 2 is 1.21 bits per heavy atom. The zero-order chi connectivity index (χ0) is 30.2. The average Bonchev–Trinajstić information content (AvgIpc) is 3.01. The van der Waals surface area contributed by atoms with E-state index < -0.39 is 0 Å². The quantitative estimate of drug-likeness (QED) is 0.143. The molecule has 4 heteroatoms. The van der Waals surface area contributed by atoms with Crippen LogP contribution in [0, 0.1) is 6.92 Å². The number of rotatable bonds is 18. The number of hydrogen-bond donors (Lipinski definition) is 0. The predicted molar refractivity (Wildman–Crippen MR) is 180 cm³/mol. The van der Waals surface area contributed by atoms with Gasteiger partial charge in [0.1, 0.15) is 11.5 Å². The standard InChI is InChI=1S/C38H52N2O2/c1-7-12-14-17-33(10-4)41-37-26-32(38(25-31(37)16-9-3)42-34(11-5)18-15-13-8-2)22-20-30-21-24-36(40-28-30)35-23-19-29(6)27-39-35/h9,16,19-28,33-34H,7-8,10-15,17-18H2,1-6H3/b16-9+,22-20+. The molecule has 0 bridgehead atoms. The summed E-state index contributed by atoms with van der Waals surface area (Å²) in [5.74, 6) is 1.82. The van der Waals surface area contributed by atoms with E-state index in [1.807, 2.05) is 31.5 Å². The second-order valence-electron chi connectivity index (χ2n) is 11.2. The third-order valence-corrected chi connectivity index (χ3v) is 7.66. The van der Waals surface area contributed by atoms with Crippen molar-refractivity contribution in [1.29, 1.82) is 0 Å². The van der Waals surface area contributed by atoms with Crippen LogP contribution in [0.15, 0.2) is 54.9 Å². The fraction of sp³-hybridized carbons (Fsp3) is 0.474. The molecule has 1 aromatic carbocycles. The van der Waals surface area contributed by atoms with Crippen molar-refractivity contribution in [2.24, 2.45) is 0 Å². The fourth-order valence-electron chi connectivity index (χ4n) is 4.99. The first-order valence-corrected chi connectivity index (χ1v) is 16.2. The normalized spacial score (nSPS) is 13.1. The number of aromatic nitrogens is 2. The number of benzene rings is 1. The molecule has 0 N–H and O–H groups in total. The summed E-state index contributed by atoms with van der Waals surface area (Å²) in [6, 6.07) is 12.5. The van der Waals surface area contributed by atoms with E-state index >= 15 is 0 Å². The topological polar surface area (TPSA) is 44.2 Å². The molecule has 2 atom stereocenters. The lowest BCUT2D eigenvalue weighted by Gasteiger charge is -2.23. The van der Waals surface area contributed by atoms with Crippen molar-refractivity contribution < 1.29 is 9.47 Å². The molecule has 2 unspecified atom stereocenters. The lowest BCUT2D eigenvalue weighted by Crippen LogP contribution is -2.17. The highest BCUT2D eigenvalue weighted by Crippen LogP contribution is 2.34. The van der Waals surface area contributed by atoms with E-state index in [9.17, 15) is 0 Å². The molecule has 0 aliphatic carbocycles. The molecule has 4 nitrogen and oxygen atoms in total. The van der Waals surface area contributed by atoms with Crippen molar-refractivity contribution in [2.75, 3.05) is 0 Å². The van der Waals surface area contributed by atoms with Crippen LogP contribution in [0.25, 0.3) is 29.6 Å². The first kappa shape index (κ1) is 33.1. The van der Waals surface area contributed by atoms with Crippen LogP contribution >= 0.6 is 0 Å². The Labute approximate surface area is 255 Å². The highest BCUT2D eigenvalue weighted by atomic mass is 16.5. The Kier molecular flexibility index (Phi) is 14.3. The van der Waals surface area contributed by atoms with Gasteiger partial charge in [-0.2, -0.15) is 0 Å². The number of unbranched alkanes of at least 4 members (excludes halogenated alkanes) is 4. The molecule has 226 valence electrons. The van der Waals surface area contributed by atoms with Gasteiger partial charge < -0.3 is 9.47 Å². The van der Waals surface area contributed by atoms with Crippen LogP contribution in [0.5, 0.6) is 11.5 Å². The summed E-state index contributed by atoms with van der Waals surface area (Å²) >= 11 is 0. The zero-order valence-corrected chi connectivity index (χ0v) is 26.9. The number of ether oxygens (including phenoxy) is 2. The molecule has 0 saturated carbocycles. The number of hydrogen-bond acceptors (Lipinski definition) is 4. The Morgan fingerprint density at radius 3 is 1.67 bits per heavy atom. The molecule has 42 heavy (non-hydrogen) atoms. The Bertz CT molecular complexity index is 1250. The van der Waals surface area contributed by atoms with Crippen LogP contribution in [-0.2, 0) is 0 Å². The van der Waals surface area contributed by atoms with Crippen LogP contribution in [-0.4, -0.2) is 22.2 Å². The Balaban J connectivity index is 1.94. The lowest BCUT2D eigenvalue weighted by atomic mass is 10.0. The molecule has 0 fully saturated rings. The monoisotopic (exact) mass is 568 g/mol. The third kappa shape index (κ3) is 10.5. The molecule has 2 aromatic heterocycles. The van der Waals surface area contributed by atoms with Crippen molar-refractivity contribution in [2.45, 2.75) is 118 Å². The van der Waals surface area contributed by atoms with Crippen molar-refractivity contribution in [3.8, 4) is 22.9 Å². The van der Waals surface area contributed by atoms with E-state index in [0.717, 1.165) is 70.8 Å². The maximum absolute atomic E-state index is 6.70. The van der Waals surface area contributed by atoms with Gasteiger partial charge in [-0.1, -0.05) is 89.8 Å². The van der Waals surface area contributed by atoms with Gasteiger partial charge in [-0.3, -0.25) is 9.97 Å². The molecule has 0 aliphatic heterocycles. The van der Waals surface area contributed by atoms with Crippen LogP contribution in [0.4, 0.5) is 0 Å². The van der Waals surface area contributed by atoms with E-state index in [0.29, 0.717) is 0 Å². The van der Waals surface area contributed by atoms with E-state index in [2.05, 4.69) is 93.2 Å². The molecular formula is C38H52N2O2. The minimum Gasteiger partial charge on any atom is -0.490 e. The minimum atomic E-state index is 0.189. The highest BCUT2D eigenvalue weighted by molar-refractivity contribution is 5.76. The average molecular weight is 569 g/mol. The van der Waals surface area contributed by atoms with Gasteiger partial charge >= 0.3 is 0 Å². The Hall–Kier alpha value is -3.40. The summed E-state index contributed by atoms with van der Waals surface area (Å²) in [7, 11) is 0. The maximum atomic E-state index is 6.70. The molecule has 0 radical (unpaired) electrons. The van der Waals surface area contributed by atoms with E-state index in [1.54, 1.807) is 0 Å². The van der Waals surface area contributed by atoms with Gasteiger partial charge in [0.2, 0.25) is 0 Å². The predicted octanol–water partition coefficient (Wildman–Crippen LogP) is 11.1. The smallest absolute Gasteiger partial charge is 0.127 e. The molecule has 0 aliphatic rings. The summed E-state index contributed by atoms with van der Waals surface area (Å²) in [6.45, 7) is 13.0. The van der Waals surface area contributed by atoms with Gasteiger partial charge in [0.05, 0.1) is 23.6 Å². The van der Waals surface area contributed by atoms with Crippen molar-refractivity contribution in [3.63, 3.8) is 0 Å². The van der Waals surface area contributed by atoms with E-state index in [4.69, 9.17) is 9.47 Å². The molecular weight excluding hydrogens is 516 g/mol. The second kappa shape index (κ2) is 18.2. The molecule has 3 rings (SSSR count). The van der Waals surface area contributed by atoms with Gasteiger partial charge in [-0.15, -0.1) is 0 Å². The van der Waals surface area contributed by atoms with Gasteiger partial charge in [-0.05, 0) is 87.8 Å². The van der Waals surface area contributed by atoms with E-state index in [1.165, 1.54) is 38.5 Å². The largest absolute Gasteiger partial charge is 0.490 e. The van der Waals surface area contributed by atoms with Crippen LogP contribution in [0.2, 0.25) is 0 Å². The summed E-state index contributed by atoms with van der Waals surface area (Å²) in [5, 5.41) is 0. The summed E-state index contributed by atoms with van der Waals surface area (Å²) in [5.41, 5.74) is 6.01. The van der Waals surface area contributed by atoms with Gasteiger partial charge in [-0.25, -0.2) is 0 Å². The molecule has 2 heterocycles. The van der Waals surface area contributed by atoms with Crippen molar-refractivity contribution in [3.05, 3.63) is 77.1 Å². The van der Waals surface area contributed by atoms with Crippen molar-refractivity contribution >= 4 is 18.2 Å². The minimum absolute atomic E-state index is 0.189. The first-order valence-electron chi connectivity index (χ1n) is 16.2. The van der Waals surface area contributed by atoms with Crippen LogP contribution in [0.1, 0.15) is 121 Å². The molecule has 0 saturated heterocycles. The highest BCUT2D eigenvalue weighted by Gasteiger charge is 2.17. The lowest BCUT2D eigenvalue weighted by molar-refractivity contribution is 0.176. The van der Waals surface area contributed by atoms with Gasteiger partial charge in [0.15, 0.2) is 0 Å². The fourth-order valence-corrected chi connectivity index (χ4v) is 4.99. The number of aryl methyl sites for hydroxylation is 1. The zero-order valence-electron chi connectivity index (χ0n) is 26.9. The van der Waals surface area contributed by atoms with Crippen LogP contribution < -0.4 is 9.47 Å². The van der Waals surface area contributed by atoms with Crippen molar-refractivity contribution in [1.82, 2.24) is 9.97 Å². The number of nitrogens with zero attached hydrogens (tertiary/aromatic N) is 2. The molecule has 0 spiro atoms. The summed E-state index contributed by atoms with van der Waals surface area (Å²) < 4.78 is 13.4. The number of pyridine rings is 2. The maximum Gasteiger partial charge on any atom is 0.127 e. The van der Waals surface area contributed by atoms with Gasteiger partial charge in [0, 0.05) is 23.5 Å². The number of allylic oxidation sites excluding steroid dienone is 1. The third-order valence-electron chi connectivity index (χ3n) is 7.66. The molecule has 3 aromatic rings. The summed E-state index contributed by atoms with van der Waals surface area (Å²) in [4.78, 5) is 9.20. The van der Waals surface area contributed by atoms with Gasteiger partial charge in [0.25, 0.3) is 0 Å². The summed E-state index contributed by atoms with van der Waals surface area (Å²) in [6.07, 6.45) is 24.0. The molecule has 0 amide bonds. The van der Waals surface area contributed by atoms with E-state index in [-0.39, 0.29) is 12.2 Å². The van der Waals surface area contributed by atoms with Crippen LogP contribution in [0.3, 0.4) is 0 Å². The SMILES string of the molecule is C/C=C/c1cc(OC(CC)CCCCC)c(/C=C/c2ccc(-c3ccc(C)cn3)nc2)cc1OC(CC)CCCCC. The second-order valence-corrected chi connectivity index (χ2v) is 11.2. The first-order chi connectivity index (χ1) is 20.5.